The van der Waals surface area contributed by atoms with Crippen LogP contribution in [0.2, 0.25) is 0 Å². The van der Waals surface area contributed by atoms with Gasteiger partial charge in [0.05, 0.1) is 33.8 Å². The molecule has 3 heterocycles. The summed E-state index contributed by atoms with van der Waals surface area (Å²) >= 11 is 0. The summed E-state index contributed by atoms with van der Waals surface area (Å²) in [5, 5.41) is 19.9. The number of para-hydroxylation sites is 4. The molecular weight excluding hydrogens is 508 g/mol. The van der Waals surface area contributed by atoms with E-state index in [1.807, 2.05) is 48.5 Å². The molecule has 0 fully saturated rings. The summed E-state index contributed by atoms with van der Waals surface area (Å²) in [4.78, 5) is 35.3. The molecule has 0 spiro atoms. The van der Waals surface area contributed by atoms with Gasteiger partial charge in [-0.05, 0) is 50.2 Å². The lowest BCUT2D eigenvalue weighted by atomic mass is 10.2. The van der Waals surface area contributed by atoms with Crippen molar-refractivity contribution in [1.29, 1.82) is 0 Å². The normalized spacial score (nSPS) is 17.1. The van der Waals surface area contributed by atoms with E-state index < -0.39 is 0 Å². The van der Waals surface area contributed by atoms with E-state index in [0.717, 1.165) is 0 Å². The zero-order valence-electron chi connectivity index (χ0n) is 21.5. The molecule has 0 unspecified atom stereocenters. The van der Waals surface area contributed by atoms with Gasteiger partial charge in [0.1, 0.15) is 0 Å². The number of aromatic nitrogens is 2. The minimum atomic E-state index is -0.385. The Kier molecular flexibility index (Phi) is 6.24. The van der Waals surface area contributed by atoms with Gasteiger partial charge >= 0.3 is 11.8 Å². The summed E-state index contributed by atoms with van der Waals surface area (Å²) in [6.07, 6.45) is 0. The molecular formula is C28H22N10O2. The van der Waals surface area contributed by atoms with Crippen LogP contribution in [0.25, 0.3) is 11.0 Å². The van der Waals surface area contributed by atoms with Crippen molar-refractivity contribution in [1.82, 2.24) is 9.97 Å². The summed E-state index contributed by atoms with van der Waals surface area (Å²) in [5.74, 6) is -0.364. The third-order valence-electron chi connectivity index (χ3n) is 6.09. The Morgan fingerprint density at radius 3 is 1.35 bits per heavy atom. The first-order valence-corrected chi connectivity index (χ1v) is 12.3. The van der Waals surface area contributed by atoms with Crippen molar-refractivity contribution in [3.05, 3.63) is 84.9 Å². The van der Waals surface area contributed by atoms with Gasteiger partial charge in [0.25, 0.3) is 0 Å². The van der Waals surface area contributed by atoms with Crippen LogP contribution in [0, 0.1) is 0 Å². The Hall–Kier alpha value is -5.78. The minimum Gasteiger partial charge on any atom is -0.265 e. The lowest BCUT2D eigenvalue weighted by Gasteiger charge is -2.12. The number of rotatable bonds is 6. The zero-order chi connectivity index (χ0) is 27.6. The van der Waals surface area contributed by atoms with Crippen LogP contribution in [0.15, 0.2) is 105 Å². The molecule has 0 aliphatic carbocycles. The summed E-state index contributed by atoms with van der Waals surface area (Å²) in [5.41, 5.74) is 9.27. The maximum Gasteiger partial charge on any atom is 0.301 e. The molecule has 2 aliphatic rings. The van der Waals surface area contributed by atoms with Crippen molar-refractivity contribution in [3.8, 4) is 0 Å². The highest BCUT2D eigenvalue weighted by atomic mass is 16.2. The smallest absolute Gasteiger partial charge is 0.265 e. The number of carbonyl (C=O) groups excluding carboxylic acids is 2. The van der Waals surface area contributed by atoms with Gasteiger partial charge in [0.15, 0.2) is 23.1 Å². The summed E-state index contributed by atoms with van der Waals surface area (Å²) < 4.78 is 0. The molecule has 0 saturated heterocycles. The lowest BCUT2D eigenvalue weighted by molar-refractivity contribution is -0.112. The second kappa shape index (κ2) is 10.2. The van der Waals surface area contributed by atoms with E-state index in [4.69, 9.17) is 0 Å². The van der Waals surface area contributed by atoms with E-state index in [0.29, 0.717) is 33.8 Å². The van der Waals surface area contributed by atoms with Crippen molar-refractivity contribution in [2.24, 2.45) is 20.4 Å². The number of hydrogen-bond donors (Lipinski definition) is 2. The molecule has 12 heteroatoms. The number of nitrogens with zero attached hydrogens (tertiary/aromatic N) is 8. The summed E-state index contributed by atoms with van der Waals surface area (Å²) in [6.45, 7) is 3.40. The third kappa shape index (κ3) is 4.53. The molecule has 0 saturated carbocycles. The summed E-state index contributed by atoms with van der Waals surface area (Å²) in [6, 6.07) is 25.4. The highest BCUT2D eigenvalue weighted by Gasteiger charge is 2.32. The first kappa shape index (κ1) is 24.6. The predicted octanol–water partition coefficient (Wildman–Crippen LogP) is 4.01. The van der Waals surface area contributed by atoms with Crippen LogP contribution in [0.4, 0.5) is 23.0 Å². The highest BCUT2D eigenvalue weighted by Crippen LogP contribution is 2.24. The van der Waals surface area contributed by atoms with E-state index in [1.165, 1.54) is 10.0 Å². The van der Waals surface area contributed by atoms with Crippen molar-refractivity contribution in [2.45, 2.75) is 13.8 Å². The molecule has 40 heavy (non-hydrogen) atoms. The Bertz CT molecular complexity index is 1630. The summed E-state index contributed by atoms with van der Waals surface area (Å²) in [7, 11) is 0. The van der Waals surface area contributed by atoms with Crippen molar-refractivity contribution in [2.75, 3.05) is 20.9 Å². The van der Waals surface area contributed by atoms with Crippen LogP contribution in [-0.4, -0.2) is 44.6 Å². The molecule has 2 aliphatic heterocycles. The van der Waals surface area contributed by atoms with Gasteiger partial charge in [0, 0.05) is 0 Å². The van der Waals surface area contributed by atoms with Crippen LogP contribution in [0.1, 0.15) is 13.8 Å². The Morgan fingerprint density at radius 2 is 0.950 bits per heavy atom. The van der Waals surface area contributed by atoms with Crippen molar-refractivity contribution in [3.63, 3.8) is 0 Å². The van der Waals surface area contributed by atoms with E-state index in [1.54, 1.807) is 50.2 Å². The zero-order valence-corrected chi connectivity index (χ0v) is 21.5. The number of benzene rings is 3. The van der Waals surface area contributed by atoms with Gasteiger partial charge in [-0.2, -0.15) is 30.4 Å². The molecule has 0 bridgehead atoms. The Balaban J connectivity index is 1.30. The number of nitrogens with one attached hydrogen (secondary N) is 2. The number of amides is 2. The lowest BCUT2D eigenvalue weighted by Crippen LogP contribution is -2.28. The minimum absolute atomic E-state index is 0.128. The van der Waals surface area contributed by atoms with E-state index in [2.05, 4.69) is 41.2 Å². The van der Waals surface area contributed by atoms with Gasteiger partial charge in [0.2, 0.25) is 0 Å². The monoisotopic (exact) mass is 530 g/mol. The molecule has 0 atom stereocenters. The van der Waals surface area contributed by atoms with E-state index >= 15 is 0 Å². The molecule has 12 nitrogen and oxygen atoms in total. The van der Waals surface area contributed by atoms with Gasteiger partial charge in [-0.15, -0.1) is 0 Å². The Morgan fingerprint density at radius 1 is 0.575 bits per heavy atom. The van der Waals surface area contributed by atoms with Gasteiger partial charge < -0.3 is 0 Å². The molecule has 1 aromatic heterocycles. The fourth-order valence-corrected chi connectivity index (χ4v) is 4.12. The van der Waals surface area contributed by atoms with Crippen LogP contribution in [-0.2, 0) is 9.59 Å². The van der Waals surface area contributed by atoms with E-state index in [9.17, 15) is 9.59 Å². The second-order valence-corrected chi connectivity index (χ2v) is 8.83. The maximum atomic E-state index is 13.1. The van der Waals surface area contributed by atoms with Gasteiger partial charge in [-0.25, -0.2) is 9.97 Å². The molecule has 6 rings (SSSR count). The number of anilines is 4. The van der Waals surface area contributed by atoms with E-state index in [-0.39, 0.29) is 34.9 Å². The van der Waals surface area contributed by atoms with Crippen LogP contribution in [0.5, 0.6) is 0 Å². The fourth-order valence-electron chi connectivity index (χ4n) is 4.12. The van der Waals surface area contributed by atoms with Crippen molar-refractivity contribution < 1.29 is 9.59 Å². The number of carbonyl (C=O) groups is 2. The highest BCUT2D eigenvalue weighted by molar-refractivity contribution is 6.72. The largest absolute Gasteiger partial charge is 0.301 e. The number of fused-ring (bicyclic) bond motifs is 1. The standard InChI is InChI=1S/C28H22N10O2/c1-17-23(27(39)37(35-17)19-11-5-3-6-12-19)31-33-25-26(30-22-16-10-9-15-21(22)29-25)34-32-24-18(2)36-38(28(24)40)20-13-7-4-8-14-20/h3-16H,1-2H3,(H,29,33)(H,30,34)/b31-23-,32-24-. The molecule has 2 N–H and O–H groups in total. The topological polar surface area (TPSA) is 140 Å². The van der Waals surface area contributed by atoms with Crippen LogP contribution in [0.3, 0.4) is 0 Å². The first-order valence-electron chi connectivity index (χ1n) is 12.3. The third-order valence-corrected chi connectivity index (χ3v) is 6.09. The maximum absolute atomic E-state index is 13.1. The quantitative estimate of drug-likeness (QED) is 0.361. The molecule has 0 radical (unpaired) electrons. The average Bonchev–Trinajstić information content (AvgIpc) is 3.44. The van der Waals surface area contributed by atoms with Gasteiger partial charge in [-0.3, -0.25) is 20.4 Å². The SMILES string of the molecule is CC1=NN(c2ccccc2)C(=O)/C1=N\Nc1nc2ccccc2nc1N/N=C1\C(=O)N(c2ccccc2)N=C1C. The molecule has 196 valence electrons. The van der Waals surface area contributed by atoms with Gasteiger partial charge in [-0.1, -0.05) is 48.5 Å². The number of hydrazone groups is 4. The average molecular weight is 531 g/mol. The van der Waals surface area contributed by atoms with Crippen molar-refractivity contribution >= 4 is 68.7 Å². The Labute approximate surface area is 228 Å². The fraction of sp³-hybridized carbons (Fsp3) is 0.0714. The second-order valence-electron chi connectivity index (χ2n) is 8.83. The van der Waals surface area contributed by atoms with Crippen LogP contribution >= 0.6 is 0 Å². The van der Waals surface area contributed by atoms with Crippen LogP contribution < -0.4 is 20.9 Å². The predicted molar refractivity (Wildman–Crippen MR) is 156 cm³/mol. The molecule has 4 aromatic rings. The number of hydrogen-bond acceptors (Lipinski definition) is 10. The molecule has 2 amide bonds. The molecule has 3 aromatic carbocycles. The first-order chi connectivity index (χ1) is 19.5.